The molecule has 0 fully saturated rings. The summed E-state index contributed by atoms with van der Waals surface area (Å²) < 4.78 is 25.8. The number of thiophene rings is 1. The maximum atomic E-state index is 11.8. The number of nitrogens with one attached hydrogen (secondary N) is 2. The van der Waals surface area contributed by atoms with Crippen LogP contribution in [0.25, 0.3) is 0 Å². The molecule has 19 heavy (non-hydrogen) atoms. The Hall–Kier alpha value is -1.45. The Labute approximate surface area is 114 Å². The van der Waals surface area contributed by atoms with Gasteiger partial charge < -0.3 is 10.4 Å². The molecule has 0 unspecified atom stereocenters. The van der Waals surface area contributed by atoms with E-state index in [1.165, 1.54) is 11.4 Å². The Kier molecular flexibility index (Phi) is 5.45. The van der Waals surface area contributed by atoms with E-state index in [-0.39, 0.29) is 9.77 Å². The quantitative estimate of drug-likeness (QED) is 0.668. The second-order valence-corrected chi connectivity index (χ2v) is 6.25. The van der Waals surface area contributed by atoms with Crippen LogP contribution >= 0.6 is 11.3 Å². The molecule has 0 aliphatic rings. The van der Waals surface area contributed by atoms with Gasteiger partial charge in [-0.2, -0.15) is 0 Å². The summed E-state index contributed by atoms with van der Waals surface area (Å²) in [6, 6.07) is 1.19. The van der Waals surface area contributed by atoms with Crippen molar-refractivity contribution >= 4 is 33.2 Å². The Morgan fingerprint density at radius 3 is 2.68 bits per heavy atom. The predicted molar refractivity (Wildman–Crippen MR) is 69.8 cm³/mol. The summed E-state index contributed by atoms with van der Waals surface area (Å²) in [6.45, 7) is 1.91. The van der Waals surface area contributed by atoms with Crippen molar-refractivity contribution in [2.45, 2.75) is 18.2 Å². The van der Waals surface area contributed by atoms with Crippen LogP contribution in [0, 0.1) is 0 Å². The molecule has 1 rings (SSSR count). The van der Waals surface area contributed by atoms with Crippen molar-refractivity contribution in [1.29, 1.82) is 0 Å². The highest BCUT2D eigenvalue weighted by Crippen LogP contribution is 2.21. The van der Waals surface area contributed by atoms with Crippen LogP contribution < -0.4 is 10.0 Å². The predicted octanol–water partition coefficient (Wildman–Crippen LogP) is 0.251. The maximum absolute atomic E-state index is 11.8. The third-order valence-electron chi connectivity index (χ3n) is 2.11. The molecular weight excluding hydrogens is 292 g/mol. The molecule has 0 aromatic carbocycles. The van der Waals surface area contributed by atoms with Gasteiger partial charge in [-0.1, -0.05) is 6.92 Å². The second-order valence-electron chi connectivity index (χ2n) is 3.59. The van der Waals surface area contributed by atoms with Gasteiger partial charge in [0.25, 0.3) is 0 Å². The molecule has 0 saturated heterocycles. The topological polar surface area (TPSA) is 113 Å². The van der Waals surface area contributed by atoms with E-state index in [0.29, 0.717) is 6.54 Å². The molecule has 1 aromatic rings. The first-order chi connectivity index (χ1) is 8.88. The van der Waals surface area contributed by atoms with Crippen LogP contribution in [0.5, 0.6) is 0 Å². The van der Waals surface area contributed by atoms with E-state index in [1.54, 1.807) is 0 Å². The van der Waals surface area contributed by atoms with Crippen molar-refractivity contribution in [1.82, 2.24) is 10.0 Å². The first kappa shape index (κ1) is 15.6. The zero-order chi connectivity index (χ0) is 14.5. The van der Waals surface area contributed by atoms with Gasteiger partial charge in [0, 0.05) is 6.54 Å². The van der Waals surface area contributed by atoms with Crippen LogP contribution in [0.2, 0.25) is 0 Å². The monoisotopic (exact) mass is 306 g/mol. The van der Waals surface area contributed by atoms with Crippen molar-refractivity contribution in [3.8, 4) is 0 Å². The van der Waals surface area contributed by atoms with E-state index in [9.17, 15) is 18.0 Å². The molecular formula is C10H14N2O5S2. The molecule has 0 aliphatic carbocycles. The summed E-state index contributed by atoms with van der Waals surface area (Å²) in [4.78, 5) is 21.5. The number of carboxylic acid groups (broad SMARTS) is 1. The highest BCUT2D eigenvalue weighted by atomic mass is 32.2. The molecule has 0 radical (unpaired) electrons. The number of hydrogen-bond donors (Lipinski definition) is 3. The lowest BCUT2D eigenvalue weighted by Gasteiger charge is -2.06. The molecule has 106 valence electrons. The normalized spacial score (nSPS) is 11.2. The Morgan fingerprint density at radius 1 is 1.42 bits per heavy atom. The highest BCUT2D eigenvalue weighted by Gasteiger charge is 2.24. The van der Waals surface area contributed by atoms with Crippen molar-refractivity contribution in [3.63, 3.8) is 0 Å². The minimum atomic E-state index is -3.99. The minimum absolute atomic E-state index is 0.276. The van der Waals surface area contributed by atoms with Gasteiger partial charge in [0.1, 0.15) is 9.77 Å². The number of rotatable bonds is 7. The number of carbonyl (C=O) groups is 2. The lowest BCUT2D eigenvalue weighted by molar-refractivity contribution is -0.119. The number of sulfonamides is 1. The van der Waals surface area contributed by atoms with Crippen LogP contribution in [0.4, 0.5) is 0 Å². The standard InChI is InChI=1S/C10H14N2O5S2/c1-2-4-11-8(13)6-12-19(16,17)7-3-5-18-9(7)10(14)15/h3,5,12H,2,4,6H2,1H3,(H,11,13)(H,14,15). The average molecular weight is 306 g/mol. The smallest absolute Gasteiger partial charge is 0.347 e. The van der Waals surface area contributed by atoms with E-state index in [0.717, 1.165) is 17.8 Å². The summed E-state index contributed by atoms with van der Waals surface area (Å²) in [7, 11) is -3.99. The summed E-state index contributed by atoms with van der Waals surface area (Å²) in [5, 5.41) is 12.7. The molecule has 1 heterocycles. The zero-order valence-corrected chi connectivity index (χ0v) is 11.8. The SMILES string of the molecule is CCCNC(=O)CNS(=O)(=O)c1ccsc1C(=O)O. The van der Waals surface area contributed by atoms with Crippen LogP contribution in [-0.2, 0) is 14.8 Å². The number of carboxylic acids is 1. The van der Waals surface area contributed by atoms with E-state index in [1.807, 2.05) is 6.92 Å². The fraction of sp³-hybridized carbons (Fsp3) is 0.400. The molecule has 0 atom stereocenters. The van der Waals surface area contributed by atoms with Gasteiger partial charge >= 0.3 is 5.97 Å². The lowest BCUT2D eigenvalue weighted by Crippen LogP contribution is -2.37. The molecule has 1 amide bonds. The molecule has 0 saturated carbocycles. The first-order valence-corrected chi connectivity index (χ1v) is 7.82. The van der Waals surface area contributed by atoms with Crippen LogP contribution in [-0.4, -0.2) is 38.5 Å². The second kappa shape index (κ2) is 6.64. The minimum Gasteiger partial charge on any atom is -0.477 e. The molecule has 1 aromatic heterocycles. The zero-order valence-electron chi connectivity index (χ0n) is 10.2. The summed E-state index contributed by atoms with van der Waals surface area (Å²) in [6.07, 6.45) is 0.742. The van der Waals surface area contributed by atoms with Crippen LogP contribution in [0.1, 0.15) is 23.0 Å². The largest absolute Gasteiger partial charge is 0.477 e. The van der Waals surface area contributed by atoms with Gasteiger partial charge in [0.15, 0.2) is 0 Å². The molecule has 3 N–H and O–H groups in total. The molecule has 0 spiro atoms. The Bertz CT molecular complexity index is 564. The van der Waals surface area contributed by atoms with Gasteiger partial charge in [-0.25, -0.2) is 17.9 Å². The summed E-state index contributed by atoms with van der Waals surface area (Å²) in [5.74, 6) is -1.77. The van der Waals surface area contributed by atoms with Gasteiger partial charge in [-0.15, -0.1) is 11.3 Å². The van der Waals surface area contributed by atoms with Crippen LogP contribution in [0.3, 0.4) is 0 Å². The molecule has 7 nitrogen and oxygen atoms in total. The third-order valence-corrected chi connectivity index (χ3v) is 4.58. The fourth-order valence-corrected chi connectivity index (χ4v) is 3.47. The van der Waals surface area contributed by atoms with Gasteiger partial charge in [-0.05, 0) is 17.9 Å². The molecule has 9 heteroatoms. The van der Waals surface area contributed by atoms with Gasteiger partial charge in [0.2, 0.25) is 15.9 Å². The Balaban J connectivity index is 2.74. The van der Waals surface area contributed by atoms with Gasteiger partial charge in [0.05, 0.1) is 6.54 Å². The third kappa shape index (κ3) is 4.30. The number of amides is 1. The highest BCUT2D eigenvalue weighted by molar-refractivity contribution is 7.89. The average Bonchev–Trinajstić information content (AvgIpc) is 2.84. The van der Waals surface area contributed by atoms with Crippen molar-refractivity contribution in [2.24, 2.45) is 0 Å². The number of aromatic carboxylic acids is 1. The number of carbonyl (C=O) groups excluding carboxylic acids is 1. The maximum Gasteiger partial charge on any atom is 0.347 e. The lowest BCUT2D eigenvalue weighted by atomic mass is 10.5. The van der Waals surface area contributed by atoms with E-state index < -0.39 is 28.4 Å². The van der Waals surface area contributed by atoms with Crippen LogP contribution in [0.15, 0.2) is 16.3 Å². The fourth-order valence-electron chi connectivity index (χ4n) is 1.23. The summed E-state index contributed by atoms with van der Waals surface area (Å²) in [5.41, 5.74) is 0. The van der Waals surface area contributed by atoms with Crippen molar-refractivity contribution < 1.29 is 23.1 Å². The van der Waals surface area contributed by atoms with Crippen molar-refractivity contribution in [3.05, 3.63) is 16.3 Å². The van der Waals surface area contributed by atoms with E-state index in [4.69, 9.17) is 5.11 Å². The summed E-state index contributed by atoms with van der Waals surface area (Å²) >= 11 is 0.813. The van der Waals surface area contributed by atoms with E-state index in [2.05, 4.69) is 10.0 Å². The van der Waals surface area contributed by atoms with Crippen molar-refractivity contribution in [2.75, 3.05) is 13.1 Å². The first-order valence-electron chi connectivity index (χ1n) is 5.45. The van der Waals surface area contributed by atoms with Gasteiger partial charge in [-0.3, -0.25) is 4.79 Å². The molecule has 0 aliphatic heterocycles. The molecule has 0 bridgehead atoms. The Morgan fingerprint density at radius 2 is 2.11 bits per heavy atom. The van der Waals surface area contributed by atoms with E-state index >= 15 is 0 Å². The number of hydrogen-bond acceptors (Lipinski definition) is 5.